The molecule has 0 aromatic heterocycles. The third-order valence-electron chi connectivity index (χ3n) is 3.16. The van der Waals surface area contributed by atoms with Gasteiger partial charge < -0.3 is 10.2 Å². The summed E-state index contributed by atoms with van der Waals surface area (Å²) in [6.07, 6.45) is 0. The van der Waals surface area contributed by atoms with Crippen molar-refractivity contribution < 1.29 is 4.39 Å². The molecule has 4 heteroatoms. The molecule has 0 saturated heterocycles. The average Bonchev–Trinajstić information content (AvgIpc) is 2.44. The minimum absolute atomic E-state index is 0.201. The highest BCUT2D eigenvalue weighted by atomic mass is 79.9. The van der Waals surface area contributed by atoms with Crippen LogP contribution in [-0.4, -0.2) is 13.6 Å². The quantitative estimate of drug-likeness (QED) is 0.866. The fourth-order valence-corrected chi connectivity index (χ4v) is 2.70. The van der Waals surface area contributed by atoms with Crippen molar-refractivity contribution in [2.75, 3.05) is 18.5 Å². The number of rotatable bonds is 5. The third kappa shape index (κ3) is 3.19. The zero-order chi connectivity index (χ0) is 14.5. The molecule has 2 aromatic carbocycles. The normalized spacial score (nSPS) is 10.6. The van der Waals surface area contributed by atoms with Crippen molar-refractivity contribution in [2.24, 2.45) is 0 Å². The first-order chi connectivity index (χ1) is 9.67. The molecule has 0 saturated carbocycles. The lowest BCUT2D eigenvalue weighted by molar-refractivity contribution is 0.625. The van der Waals surface area contributed by atoms with Gasteiger partial charge in [-0.15, -0.1) is 0 Å². The SMILES string of the molecule is CCN(c1ccccc1F)c1ccc(Br)cc1CNC. The van der Waals surface area contributed by atoms with Crippen LogP contribution in [-0.2, 0) is 6.54 Å². The molecule has 0 spiro atoms. The van der Waals surface area contributed by atoms with Gasteiger partial charge in [0.15, 0.2) is 0 Å². The lowest BCUT2D eigenvalue weighted by Gasteiger charge is -2.26. The summed E-state index contributed by atoms with van der Waals surface area (Å²) in [5.41, 5.74) is 2.76. The van der Waals surface area contributed by atoms with Gasteiger partial charge in [-0.05, 0) is 49.9 Å². The fourth-order valence-electron chi connectivity index (χ4n) is 2.29. The second kappa shape index (κ2) is 6.86. The Hall–Kier alpha value is -1.39. The van der Waals surface area contributed by atoms with Gasteiger partial charge in [-0.3, -0.25) is 0 Å². The molecule has 0 radical (unpaired) electrons. The van der Waals surface area contributed by atoms with E-state index in [0.717, 1.165) is 22.3 Å². The molecule has 0 aliphatic carbocycles. The van der Waals surface area contributed by atoms with Crippen LogP contribution in [0.15, 0.2) is 46.9 Å². The Bertz CT molecular complexity index is 586. The average molecular weight is 337 g/mol. The van der Waals surface area contributed by atoms with Crippen LogP contribution in [0.25, 0.3) is 0 Å². The van der Waals surface area contributed by atoms with Gasteiger partial charge >= 0.3 is 0 Å². The number of anilines is 2. The molecule has 2 rings (SSSR count). The summed E-state index contributed by atoms with van der Waals surface area (Å²) in [7, 11) is 1.91. The highest BCUT2D eigenvalue weighted by molar-refractivity contribution is 9.10. The topological polar surface area (TPSA) is 15.3 Å². The molecule has 0 heterocycles. The minimum Gasteiger partial charge on any atom is -0.339 e. The zero-order valence-corrected chi connectivity index (χ0v) is 13.2. The van der Waals surface area contributed by atoms with Gasteiger partial charge in [0, 0.05) is 23.2 Å². The van der Waals surface area contributed by atoms with E-state index in [9.17, 15) is 4.39 Å². The van der Waals surface area contributed by atoms with E-state index in [-0.39, 0.29) is 5.82 Å². The largest absolute Gasteiger partial charge is 0.339 e. The van der Waals surface area contributed by atoms with Gasteiger partial charge in [0.25, 0.3) is 0 Å². The molecule has 106 valence electrons. The molecule has 0 aliphatic rings. The van der Waals surface area contributed by atoms with Crippen LogP contribution in [0.5, 0.6) is 0 Å². The standard InChI is InChI=1S/C16H18BrFN2/c1-3-20(16-7-5-4-6-14(16)18)15-9-8-13(17)10-12(15)11-19-2/h4-10,19H,3,11H2,1-2H3. The van der Waals surface area contributed by atoms with E-state index in [1.165, 1.54) is 6.07 Å². The molecule has 1 N–H and O–H groups in total. The van der Waals surface area contributed by atoms with Crippen molar-refractivity contribution in [3.63, 3.8) is 0 Å². The smallest absolute Gasteiger partial charge is 0.146 e. The van der Waals surface area contributed by atoms with Crippen molar-refractivity contribution in [3.8, 4) is 0 Å². The second-order valence-corrected chi connectivity index (χ2v) is 5.41. The van der Waals surface area contributed by atoms with Crippen LogP contribution in [0.1, 0.15) is 12.5 Å². The van der Waals surface area contributed by atoms with E-state index in [1.807, 2.05) is 43.1 Å². The Morgan fingerprint density at radius 2 is 1.90 bits per heavy atom. The summed E-state index contributed by atoms with van der Waals surface area (Å²) >= 11 is 3.49. The van der Waals surface area contributed by atoms with Crippen molar-refractivity contribution in [3.05, 3.63) is 58.3 Å². The lowest BCUT2D eigenvalue weighted by Crippen LogP contribution is -2.20. The number of hydrogen-bond acceptors (Lipinski definition) is 2. The van der Waals surface area contributed by atoms with Crippen molar-refractivity contribution in [2.45, 2.75) is 13.5 Å². The first kappa shape index (κ1) is 15.0. The van der Waals surface area contributed by atoms with E-state index in [2.05, 4.69) is 27.3 Å². The maximum Gasteiger partial charge on any atom is 0.146 e. The van der Waals surface area contributed by atoms with Gasteiger partial charge in [0.2, 0.25) is 0 Å². The van der Waals surface area contributed by atoms with Gasteiger partial charge in [-0.1, -0.05) is 28.1 Å². The number of benzene rings is 2. The molecule has 0 amide bonds. The molecular weight excluding hydrogens is 319 g/mol. The number of nitrogens with one attached hydrogen (secondary N) is 1. The maximum absolute atomic E-state index is 14.0. The Balaban J connectivity index is 2.49. The Kier molecular flexibility index (Phi) is 5.15. The van der Waals surface area contributed by atoms with Gasteiger partial charge in [-0.2, -0.15) is 0 Å². The first-order valence-electron chi connectivity index (χ1n) is 6.62. The maximum atomic E-state index is 14.0. The minimum atomic E-state index is -0.201. The van der Waals surface area contributed by atoms with Gasteiger partial charge in [-0.25, -0.2) is 4.39 Å². The van der Waals surface area contributed by atoms with Crippen LogP contribution in [0.4, 0.5) is 15.8 Å². The van der Waals surface area contributed by atoms with E-state index in [4.69, 9.17) is 0 Å². The van der Waals surface area contributed by atoms with Crippen LogP contribution < -0.4 is 10.2 Å². The van der Waals surface area contributed by atoms with Gasteiger partial charge in [0.05, 0.1) is 5.69 Å². The molecule has 0 bridgehead atoms. The molecule has 2 aromatic rings. The van der Waals surface area contributed by atoms with E-state index in [0.29, 0.717) is 12.2 Å². The van der Waals surface area contributed by atoms with E-state index < -0.39 is 0 Å². The summed E-state index contributed by atoms with van der Waals surface area (Å²) in [5.74, 6) is -0.201. The summed E-state index contributed by atoms with van der Waals surface area (Å²) in [6, 6.07) is 12.9. The van der Waals surface area contributed by atoms with Crippen molar-refractivity contribution >= 4 is 27.3 Å². The zero-order valence-electron chi connectivity index (χ0n) is 11.7. The molecule has 0 unspecified atom stereocenters. The summed E-state index contributed by atoms with van der Waals surface area (Å²) in [4.78, 5) is 1.99. The van der Waals surface area contributed by atoms with Crippen LogP contribution in [0.2, 0.25) is 0 Å². The predicted octanol–water partition coefficient (Wildman–Crippen LogP) is 4.47. The second-order valence-electron chi connectivity index (χ2n) is 4.50. The van der Waals surface area contributed by atoms with Gasteiger partial charge in [0.1, 0.15) is 5.82 Å². The number of hydrogen-bond donors (Lipinski definition) is 1. The number of para-hydroxylation sites is 1. The predicted molar refractivity (Wildman–Crippen MR) is 86.0 cm³/mol. The highest BCUT2D eigenvalue weighted by Gasteiger charge is 2.14. The first-order valence-corrected chi connectivity index (χ1v) is 7.41. The van der Waals surface area contributed by atoms with Crippen LogP contribution in [0.3, 0.4) is 0 Å². The molecule has 20 heavy (non-hydrogen) atoms. The Morgan fingerprint density at radius 3 is 2.55 bits per heavy atom. The molecule has 0 aliphatic heterocycles. The summed E-state index contributed by atoms with van der Waals surface area (Å²) < 4.78 is 15.1. The number of halogens is 2. The molecular formula is C16H18BrFN2. The Morgan fingerprint density at radius 1 is 1.15 bits per heavy atom. The van der Waals surface area contributed by atoms with Crippen molar-refractivity contribution in [1.82, 2.24) is 5.32 Å². The Labute approximate surface area is 127 Å². The summed E-state index contributed by atoms with van der Waals surface area (Å²) in [5, 5.41) is 3.16. The van der Waals surface area contributed by atoms with Crippen LogP contribution >= 0.6 is 15.9 Å². The summed E-state index contributed by atoms with van der Waals surface area (Å²) in [6.45, 7) is 3.47. The van der Waals surface area contributed by atoms with Crippen molar-refractivity contribution in [1.29, 1.82) is 0 Å². The molecule has 0 atom stereocenters. The monoisotopic (exact) mass is 336 g/mol. The number of nitrogens with zero attached hydrogens (tertiary/aromatic N) is 1. The third-order valence-corrected chi connectivity index (χ3v) is 3.65. The van der Waals surface area contributed by atoms with Crippen LogP contribution in [0, 0.1) is 5.82 Å². The lowest BCUT2D eigenvalue weighted by atomic mass is 10.1. The fraction of sp³-hybridized carbons (Fsp3) is 0.250. The highest BCUT2D eigenvalue weighted by Crippen LogP contribution is 2.32. The molecule has 2 nitrogen and oxygen atoms in total. The molecule has 0 fully saturated rings. The van der Waals surface area contributed by atoms with E-state index >= 15 is 0 Å². The van der Waals surface area contributed by atoms with E-state index in [1.54, 1.807) is 6.07 Å².